The molecule has 6 nitrogen and oxygen atoms in total. The third kappa shape index (κ3) is 5.91. The van der Waals surface area contributed by atoms with E-state index in [2.05, 4.69) is 57.6 Å². The fourth-order valence-electron chi connectivity index (χ4n) is 1.28. The number of aromatic nitrogens is 3. The number of anilines is 3. The van der Waals surface area contributed by atoms with Gasteiger partial charge < -0.3 is 16.0 Å². The van der Waals surface area contributed by atoms with Crippen molar-refractivity contribution in [3.8, 4) is 12.3 Å². The fourth-order valence-corrected chi connectivity index (χ4v) is 1.28. The maximum atomic E-state index is 5.22. The molecule has 0 aliphatic carbocycles. The molecule has 0 spiro atoms. The van der Waals surface area contributed by atoms with Crippen LogP contribution in [0.3, 0.4) is 0 Å². The van der Waals surface area contributed by atoms with Gasteiger partial charge in [-0.1, -0.05) is 26.7 Å². The molecule has 1 rings (SSSR count). The summed E-state index contributed by atoms with van der Waals surface area (Å²) in [6, 6.07) is 0. The Morgan fingerprint density at radius 1 is 1.05 bits per heavy atom. The number of nitrogens with one attached hydrogen (secondary N) is 3. The highest BCUT2D eigenvalue weighted by molar-refractivity contribution is 5.42. The van der Waals surface area contributed by atoms with E-state index in [1.54, 1.807) is 0 Å². The summed E-state index contributed by atoms with van der Waals surface area (Å²) in [5.74, 6) is 4.61. The molecular formula is C13H22N6. The van der Waals surface area contributed by atoms with E-state index in [4.69, 9.17) is 6.42 Å². The summed E-state index contributed by atoms with van der Waals surface area (Å²) in [5, 5.41) is 9.29. The Hall–Kier alpha value is -2.03. The summed E-state index contributed by atoms with van der Waals surface area (Å²) < 4.78 is 0. The first-order valence-electron chi connectivity index (χ1n) is 6.56. The van der Waals surface area contributed by atoms with E-state index in [0.717, 1.165) is 19.5 Å². The topological polar surface area (TPSA) is 74.8 Å². The molecule has 3 N–H and O–H groups in total. The Morgan fingerprint density at radius 3 is 2.16 bits per heavy atom. The monoisotopic (exact) mass is 262 g/mol. The van der Waals surface area contributed by atoms with Crippen LogP contribution in [0.2, 0.25) is 0 Å². The van der Waals surface area contributed by atoms with Crippen molar-refractivity contribution in [2.45, 2.75) is 27.2 Å². The minimum atomic E-state index is 0.390. The molecule has 104 valence electrons. The van der Waals surface area contributed by atoms with Crippen molar-refractivity contribution in [1.82, 2.24) is 15.0 Å². The zero-order valence-corrected chi connectivity index (χ0v) is 11.8. The molecule has 1 aromatic rings. The number of hydrogen-bond acceptors (Lipinski definition) is 6. The second kappa shape index (κ2) is 8.14. The minimum Gasteiger partial charge on any atom is -0.354 e. The Kier molecular flexibility index (Phi) is 6.44. The van der Waals surface area contributed by atoms with Gasteiger partial charge in [0.15, 0.2) is 0 Å². The van der Waals surface area contributed by atoms with Gasteiger partial charge in [-0.25, -0.2) is 0 Å². The largest absolute Gasteiger partial charge is 0.354 e. The van der Waals surface area contributed by atoms with Crippen molar-refractivity contribution < 1.29 is 0 Å². The fraction of sp³-hybridized carbons (Fsp3) is 0.615. The molecule has 1 heterocycles. The smallest absolute Gasteiger partial charge is 0.230 e. The first kappa shape index (κ1) is 15.0. The van der Waals surface area contributed by atoms with Crippen molar-refractivity contribution in [3.63, 3.8) is 0 Å². The van der Waals surface area contributed by atoms with Crippen LogP contribution in [0, 0.1) is 18.3 Å². The molecule has 0 aromatic carbocycles. The average molecular weight is 262 g/mol. The molecule has 0 fully saturated rings. The lowest BCUT2D eigenvalue weighted by molar-refractivity contribution is 0.684. The van der Waals surface area contributed by atoms with Crippen molar-refractivity contribution >= 4 is 17.8 Å². The van der Waals surface area contributed by atoms with Gasteiger partial charge in [0, 0.05) is 13.1 Å². The van der Waals surface area contributed by atoms with E-state index in [1.165, 1.54) is 0 Å². The predicted molar refractivity (Wildman–Crippen MR) is 79.3 cm³/mol. The highest BCUT2D eigenvalue weighted by Gasteiger charge is 2.06. The van der Waals surface area contributed by atoms with Crippen LogP contribution in [0.4, 0.5) is 17.8 Å². The summed E-state index contributed by atoms with van der Waals surface area (Å²) in [5.41, 5.74) is 0. The molecule has 0 atom stereocenters. The molecule has 1 aromatic heterocycles. The molecule has 0 bridgehead atoms. The van der Waals surface area contributed by atoms with E-state index in [1.807, 2.05) is 0 Å². The third-order valence-electron chi connectivity index (χ3n) is 2.19. The van der Waals surface area contributed by atoms with E-state index in [-0.39, 0.29) is 0 Å². The first-order valence-corrected chi connectivity index (χ1v) is 6.56. The second-order valence-electron chi connectivity index (χ2n) is 4.57. The summed E-state index contributed by atoms with van der Waals surface area (Å²) in [6.07, 6.45) is 6.22. The Labute approximate surface area is 114 Å². The summed E-state index contributed by atoms with van der Waals surface area (Å²) in [7, 11) is 0. The zero-order valence-electron chi connectivity index (χ0n) is 11.8. The summed E-state index contributed by atoms with van der Waals surface area (Å²) in [6.45, 7) is 8.36. The molecule has 0 amide bonds. The molecule has 6 heteroatoms. The van der Waals surface area contributed by atoms with Crippen LogP contribution >= 0.6 is 0 Å². The van der Waals surface area contributed by atoms with E-state index in [0.29, 0.717) is 30.3 Å². The first-order chi connectivity index (χ1) is 9.15. The molecule has 0 aliphatic rings. The lowest BCUT2D eigenvalue weighted by Gasteiger charge is -2.11. The maximum absolute atomic E-state index is 5.22. The summed E-state index contributed by atoms with van der Waals surface area (Å²) >= 11 is 0. The van der Waals surface area contributed by atoms with Crippen molar-refractivity contribution in [2.24, 2.45) is 5.92 Å². The quantitative estimate of drug-likeness (QED) is 0.620. The standard InChI is InChI=1S/C13H22N6/c1-5-7-14-11-17-12(15-8-6-2)19-13(18-11)16-9-10(3)4/h1,10H,6-9H2,2-4H3,(H3,14,15,16,17,18,19). The van der Waals surface area contributed by atoms with Crippen LogP contribution in [0.25, 0.3) is 0 Å². The van der Waals surface area contributed by atoms with Crippen molar-refractivity contribution in [3.05, 3.63) is 0 Å². The van der Waals surface area contributed by atoms with Crippen LogP contribution in [-0.4, -0.2) is 34.6 Å². The van der Waals surface area contributed by atoms with Gasteiger partial charge in [0.05, 0.1) is 6.54 Å². The minimum absolute atomic E-state index is 0.390. The molecule has 0 saturated carbocycles. The number of rotatable bonds is 8. The van der Waals surface area contributed by atoms with E-state index in [9.17, 15) is 0 Å². The van der Waals surface area contributed by atoms with E-state index >= 15 is 0 Å². The predicted octanol–water partition coefficient (Wildman–Crippen LogP) is 1.81. The summed E-state index contributed by atoms with van der Waals surface area (Å²) in [4.78, 5) is 12.8. The van der Waals surface area contributed by atoms with Gasteiger partial charge in [-0.15, -0.1) is 6.42 Å². The Balaban J connectivity index is 2.79. The number of hydrogen-bond donors (Lipinski definition) is 3. The Bertz CT molecular complexity index is 424. The lowest BCUT2D eigenvalue weighted by atomic mass is 10.2. The zero-order chi connectivity index (χ0) is 14.1. The van der Waals surface area contributed by atoms with Crippen LogP contribution < -0.4 is 16.0 Å². The van der Waals surface area contributed by atoms with Crippen LogP contribution in [0.5, 0.6) is 0 Å². The van der Waals surface area contributed by atoms with E-state index < -0.39 is 0 Å². The maximum Gasteiger partial charge on any atom is 0.230 e. The van der Waals surface area contributed by atoms with Gasteiger partial charge in [-0.2, -0.15) is 15.0 Å². The van der Waals surface area contributed by atoms with Crippen LogP contribution in [0.1, 0.15) is 27.2 Å². The van der Waals surface area contributed by atoms with Gasteiger partial charge >= 0.3 is 0 Å². The second-order valence-corrected chi connectivity index (χ2v) is 4.57. The van der Waals surface area contributed by atoms with Gasteiger partial charge in [0.2, 0.25) is 17.8 Å². The Morgan fingerprint density at radius 2 is 1.63 bits per heavy atom. The van der Waals surface area contributed by atoms with Gasteiger partial charge in [-0.05, 0) is 12.3 Å². The number of nitrogens with zero attached hydrogens (tertiary/aromatic N) is 3. The normalized spacial score (nSPS) is 10.1. The van der Waals surface area contributed by atoms with Gasteiger partial charge in [0.1, 0.15) is 0 Å². The van der Waals surface area contributed by atoms with Crippen LogP contribution in [0.15, 0.2) is 0 Å². The van der Waals surface area contributed by atoms with Crippen LogP contribution in [-0.2, 0) is 0 Å². The van der Waals surface area contributed by atoms with Crippen molar-refractivity contribution in [2.75, 3.05) is 35.6 Å². The molecule has 0 unspecified atom stereocenters. The number of terminal acetylenes is 1. The lowest BCUT2D eigenvalue weighted by Crippen LogP contribution is -2.15. The molecule has 0 radical (unpaired) electrons. The van der Waals surface area contributed by atoms with Gasteiger partial charge in [0.25, 0.3) is 0 Å². The average Bonchev–Trinajstić information content (AvgIpc) is 2.40. The SMILES string of the molecule is C#CCNc1nc(NCCC)nc(NCC(C)C)n1. The third-order valence-corrected chi connectivity index (χ3v) is 2.19. The molecule has 19 heavy (non-hydrogen) atoms. The highest BCUT2D eigenvalue weighted by atomic mass is 15.3. The molecule has 0 saturated heterocycles. The molecule has 0 aliphatic heterocycles. The van der Waals surface area contributed by atoms with Gasteiger partial charge in [-0.3, -0.25) is 0 Å². The van der Waals surface area contributed by atoms with Crippen molar-refractivity contribution in [1.29, 1.82) is 0 Å². The highest BCUT2D eigenvalue weighted by Crippen LogP contribution is 2.09. The molecular weight excluding hydrogens is 240 g/mol.